The summed E-state index contributed by atoms with van der Waals surface area (Å²) >= 11 is 8.84. The molecule has 1 N–H and O–H groups in total. The van der Waals surface area contributed by atoms with Crippen LogP contribution in [0.4, 0.5) is 0 Å². The Balaban J connectivity index is 1.54. The van der Waals surface area contributed by atoms with Crippen molar-refractivity contribution in [2.24, 2.45) is 0 Å². The van der Waals surface area contributed by atoms with Crippen molar-refractivity contribution in [3.63, 3.8) is 0 Å². The molecule has 2 heterocycles. The Kier molecular flexibility index (Phi) is 6.08. The Morgan fingerprint density at radius 3 is 2.69 bits per heavy atom. The number of fused-ring (bicyclic) bond motifs is 1. The molecule has 0 fully saturated rings. The van der Waals surface area contributed by atoms with Gasteiger partial charge in [0.05, 0.1) is 11.1 Å². The molecule has 0 aliphatic rings. The summed E-state index contributed by atoms with van der Waals surface area (Å²) in [4.78, 5) is 17.6. The minimum Gasteiger partial charge on any atom is -0.352 e. The number of aromatic nitrogens is 3. The fourth-order valence-electron chi connectivity index (χ4n) is 2.87. The standard InChI is InChI=1S/C21H17ClN4OS2/c1-13-25-26-21(28-13)29-19-12-17(16-4-2-3-5-18(16)24-19)20(27)23-11-10-14-6-8-15(22)9-7-14/h2-9,12H,10-11H2,1H3,(H,23,27). The average molecular weight is 441 g/mol. The van der Waals surface area contributed by atoms with Gasteiger partial charge in [-0.1, -0.05) is 53.3 Å². The van der Waals surface area contributed by atoms with E-state index in [0.717, 1.165) is 37.3 Å². The third-order valence-corrected chi connectivity index (χ3v) is 6.31. The van der Waals surface area contributed by atoms with E-state index in [-0.39, 0.29) is 5.91 Å². The van der Waals surface area contributed by atoms with Crippen LogP contribution in [0, 0.1) is 6.92 Å². The molecule has 8 heteroatoms. The lowest BCUT2D eigenvalue weighted by Crippen LogP contribution is -2.26. The summed E-state index contributed by atoms with van der Waals surface area (Å²) in [6.45, 7) is 2.45. The molecule has 29 heavy (non-hydrogen) atoms. The molecule has 2 aromatic heterocycles. The van der Waals surface area contributed by atoms with E-state index in [9.17, 15) is 4.79 Å². The molecule has 0 spiro atoms. The number of para-hydroxylation sites is 1. The van der Waals surface area contributed by atoms with E-state index in [1.165, 1.54) is 23.1 Å². The summed E-state index contributed by atoms with van der Waals surface area (Å²) in [5.41, 5.74) is 2.51. The molecule has 0 radical (unpaired) electrons. The van der Waals surface area contributed by atoms with Crippen LogP contribution in [0.2, 0.25) is 5.02 Å². The van der Waals surface area contributed by atoms with Crippen molar-refractivity contribution in [3.05, 3.63) is 75.8 Å². The zero-order chi connectivity index (χ0) is 20.2. The van der Waals surface area contributed by atoms with Crippen LogP contribution in [-0.2, 0) is 6.42 Å². The van der Waals surface area contributed by atoms with Crippen LogP contribution in [0.1, 0.15) is 20.9 Å². The van der Waals surface area contributed by atoms with Gasteiger partial charge >= 0.3 is 0 Å². The largest absolute Gasteiger partial charge is 0.352 e. The Labute approximate surface area is 181 Å². The molecule has 4 rings (SSSR count). The van der Waals surface area contributed by atoms with Gasteiger partial charge in [0, 0.05) is 17.0 Å². The summed E-state index contributed by atoms with van der Waals surface area (Å²) in [7, 11) is 0. The van der Waals surface area contributed by atoms with Crippen molar-refractivity contribution >= 4 is 51.5 Å². The summed E-state index contributed by atoms with van der Waals surface area (Å²) in [6, 6.07) is 17.1. The van der Waals surface area contributed by atoms with Gasteiger partial charge < -0.3 is 5.32 Å². The van der Waals surface area contributed by atoms with Crippen LogP contribution in [0.15, 0.2) is 64.0 Å². The Bertz CT molecular complexity index is 1160. The third-order valence-electron chi connectivity index (χ3n) is 4.25. The smallest absolute Gasteiger partial charge is 0.252 e. The molecule has 1 amide bonds. The molecular formula is C21H17ClN4OS2. The van der Waals surface area contributed by atoms with Gasteiger partial charge in [0.2, 0.25) is 0 Å². The van der Waals surface area contributed by atoms with Gasteiger partial charge in [-0.2, -0.15) is 0 Å². The van der Waals surface area contributed by atoms with E-state index in [0.29, 0.717) is 17.1 Å². The van der Waals surface area contributed by atoms with Crippen LogP contribution in [-0.4, -0.2) is 27.6 Å². The zero-order valence-electron chi connectivity index (χ0n) is 15.6. The van der Waals surface area contributed by atoms with Crippen LogP contribution in [0.5, 0.6) is 0 Å². The number of aryl methyl sites for hydroxylation is 1. The second kappa shape index (κ2) is 8.90. The first-order valence-electron chi connectivity index (χ1n) is 8.99. The van der Waals surface area contributed by atoms with Gasteiger partial charge in [-0.05, 0) is 54.9 Å². The Morgan fingerprint density at radius 2 is 1.93 bits per heavy atom. The fraction of sp³-hybridized carbons (Fsp3) is 0.143. The van der Waals surface area contributed by atoms with E-state index in [2.05, 4.69) is 20.5 Å². The maximum Gasteiger partial charge on any atom is 0.252 e. The van der Waals surface area contributed by atoms with Crippen molar-refractivity contribution in [1.82, 2.24) is 20.5 Å². The van der Waals surface area contributed by atoms with Crippen LogP contribution >= 0.6 is 34.7 Å². The second-order valence-corrected chi connectivity index (χ2v) is 9.23. The molecule has 0 atom stereocenters. The third kappa shape index (κ3) is 4.93. The molecule has 0 saturated carbocycles. The van der Waals surface area contributed by atoms with Gasteiger partial charge in [-0.3, -0.25) is 4.79 Å². The highest BCUT2D eigenvalue weighted by Crippen LogP contribution is 2.31. The van der Waals surface area contributed by atoms with Crippen molar-refractivity contribution in [1.29, 1.82) is 0 Å². The summed E-state index contributed by atoms with van der Waals surface area (Å²) in [5, 5.41) is 14.3. The molecule has 146 valence electrons. The normalized spacial score (nSPS) is 11.0. The fourth-order valence-corrected chi connectivity index (χ4v) is 4.77. The van der Waals surface area contributed by atoms with E-state index in [1.807, 2.05) is 61.5 Å². The number of hydrogen-bond donors (Lipinski definition) is 1. The zero-order valence-corrected chi connectivity index (χ0v) is 17.9. The lowest BCUT2D eigenvalue weighted by atomic mass is 10.1. The number of nitrogens with one attached hydrogen (secondary N) is 1. The number of benzene rings is 2. The number of rotatable bonds is 6. The summed E-state index contributed by atoms with van der Waals surface area (Å²) < 4.78 is 0.805. The van der Waals surface area contributed by atoms with Crippen molar-refractivity contribution in [2.75, 3.05) is 6.54 Å². The van der Waals surface area contributed by atoms with Crippen LogP contribution < -0.4 is 5.32 Å². The minimum atomic E-state index is -0.118. The van der Waals surface area contributed by atoms with Crippen molar-refractivity contribution in [2.45, 2.75) is 22.7 Å². The van der Waals surface area contributed by atoms with E-state index < -0.39 is 0 Å². The second-order valence-electron chi connectivity index (χ2n) is 6.35. The van der Waals surface area contributed by atoms with E-state index >= 15 is 0 Å². The predicted molar refractivity (Wildman–Crippen MR) is 118 cm³/mol. The molecule has 5 nitrogen and oxygen atoms in total. The molecule has 0 aliphatic heterocycles. The number of amides is 1. The number of nitrogens with zero attached hydrogens (tertiary/aromatic N) is 3. The van der Waals surface area contributed by atoms with E-state index in [1.54, 1.807) is 0 Å². The number of pyridine rings is 1. The van der Waals surface area contributed by atoms with Crippen molar-refractivity contribution < 1.29 is 4.79 Å². The number of carbonyl (C=O) groups is 1. The van der Waals surface area contributed by atoms with Crippen LogP contribution in [0.25, 0.3) is 10.9 Å². The minimum absolute atomic E-state index is 0.118. The number of halogens is 1. The summed E-state index contributed by atoms with van der Waals surface area (Å²) in [6.07, 6.45) is 0.734. The molecule has 0 aliphatic carbocycles. The van der Waals surface area contributed by atoms with E-state index in [4.69, 9.17) is 11.6 Å². The SMILES string of the molecule is Cc1nnc(Sc2cc(C(=O)NCCc3ccc(Cl)cc3)c3ccccc3n2)s1. The molecule has 0 unspecified atom stereocenters. The first kappa shape index (κ1) is 19.8. The topological polar surface area (TPSA) is 67.8 Å². The monoisotopic (exact) mass is 440 g/mol. The Hall–Kier alpha value is -2.48. The molecular weight excluding hydrogens is 424 g/mol. The van der Waals surface area contributed by atoms with Gasteiger partial charge in [-0.25, -0.2) is 4.98 Å². The predicted octanol–water partition coefficient (Wildman–Crippen LogP) is 5.17. The van der Waals surface area contributed by atoms with Gasteiger partial charge in [0.1, 0.15) is 10.0 Å². The molecule has 0 bridgehead atoms. The van der Waals surface area contributed by atoms with Crippen LogP contribution in [0.3, 0.4) is 0 Å². The highest BCUT2D eigenvalue weighted by Gasteiger charge is 2.14. The highest BCUT2D eigenvalue weighted by molar-refractivity contribution is 8.01. The first-order chi connectivity index (χ1) is 14.1. The molecule has 2 aromatic carbocycles. The van der Waals surface area contributed by atoms with Gasteiger partial charge in [-0.15, -0.1) is 10.2 Å². The highest BCUT2D eigenvalue weighted by atomic mass is 35.5. The van der Waals surface area contributed by atoms with Crippen molar-refractivity contribution in [3.8, 4) is 0 Å². The maximum atomic E-state index is 12.9. The number of carbonyl (C=O) groups excluding carboxylic acids is 1. The maximum absolute atomic E-state index is 12.9. The number of hydrogen-bond acceptors (Lipinski definition) is 6. The lowest BCUT2D eigenvalue weighted by molar-refractivity contribution is 0.0955. The molecule has 4 aromatic rings. The quantitative estimate of drug-likeness (QED) is 0.448. The average Bonchev–Trinajstić information content (AvgIpc) is 3.13. The first-order valence-corrected chi connectivity index (χ1v) is 11.0. The summed E-state index contributed by atoms with van der Waals surface area (Å²) in [5.74, 6) is -0.118. The Morgan fingerprint density at radius 1 is 1.14 bits per heavy atom. The molecule has 0 saturated heterocycles. The van der Waals surface area contributed by atoms with Gasteiger partial charge in [0.25, 0.3) is 5.91 Å². The lowest BCUT2D eigenvalue weighted by Gasteiger charge is -2.10. The van der Waals surface area contributed by atoms with Gasteiger partial charge in [0.15, 0.2) is 4.34 Å².